The van der Waals surface area contributed by atoms with Gasteiger partial charge in [-0.3, -0.25) is 9.69 Å². The number of hydrogen-bond acceptors (Lipinski definition) is 1. The fourth-order valence-corrected chi connectivity index (χ4v) is 3.68. The van der Waals surface area contributed by atoms with Crippen molar-refractivity contribution >= 4 is 38.3 Å². The molecule has 24 heavy (non-hydrogen) atoms. The molecular weight excluding hydrogens is 364 g/mol. The number of quaternary nitrogens is 1. The van der Waals surface area contributed by atoms with Crippen molar-refractivity contribution in [2.75, 3.05) is 18.6 Å². The molecule has 1 unspecified atom stereocenters. The Morgan fingerprint density at radius 3 is 2.46 bits per heavy atom. The van der Waals surface area contributed by atoms with E-state index in [9.17, 15) is 4.79 Å². The first-order valence-electron chi connectivity index (χ1n) is 8.03. The highest BCUT2D eigenvalue weighted by atomic mass is 79.9. The van der Waals surface area contributed by atoms with E-state index in [0.717, 1.165) is 33.0 Å². The molecule has 1 N–H and O–H groups in total. The molecule has 3 nitrogen and oxygen atoms in total. The van der Waals surface area contributed by atoms with Gasteiger partial charge in [-0.25, -0.2) is 0 Å². The van der Waals surface area contributed by atoms with Crippen LogP contribution < -0.4 is 9.80 Å². The van der Waals surface area contributed by atoms with E-state index in [0.29, 0.717) is 6.67 Å². The summed E-state index contributed by atoms with van der Waals surface area (Å²) in [5.41, 5.74) is 3.11. The van der Waals surface area contributed by atoms with Crippen molar-refractivity contribution in [1.29, 1.82) is 0 Å². The lowest BCUT2D eigenvalue weighted by molar-refractivity contribution is -0.892. The van der Waals surface area contributed by atoms with Crippen LogP contribution in [-0.4, -0.2) is 19.6 Å². The van der Waals surface area contributed by atoms with Gasteiger partial charge in [-0.2, -0.15) is 0 Å². The van der Waals surface area contributed by atoms with Gasteiger partial charge >= 0.3 is 0 Å². The van der Waals surface area contributed by atoms with Gasteiger partial charge in [-0.1, -0.05) is 52.3 Å². The Labute approximate surface area is 149 Å². The monoisotopic (exact) mass is 381 g/mol. The lowest BCUT2D eigenvalue weighted by Gasteiger charge is -2.22. The Morgan fingerprint density at radius 1 is 1.00 bits per heavy atom. The molecule has 1 heterocycles. The zero-order valence-corrected chi connectivity index (χ0v) is 15.0. The van der Waals surface area contributed by atoms with Gasteiger partial charge < -0.3 is 4.90 Å². The molecule has 0 aliphatic carbocycles. The fraction of sp³-hybridized carbons (Fsp3) is 0.150. The molecule has 1 amide bonds. The van der Waals surface area contributed by atoms with Crippen LogP contribution in [0, 0.1) is 0 Å². The van der Waals surface area contributed by atoms with Crippen LogP contribution in [0.3, 0.4) is 0 Å². The molecule has 1 atom stereocenters. The summed E-state index contributed by atoms with van der Waals surface area (Å²) in [6.07, 6.45) is 0. The zero-order valence-electron chi connectivity index (χ0n) is 13.4. The first-order chi connectivity index (χ1) is 11.6. The van der Waals surface area contributed by atoms with Gasteiger partial charge in [-0.05, 0) is 29.7 Å². The van der Waals surface area contributed by atoms with Crippen LogP contribution >= 0.6 is 15.9 Å². The minimum atomic E-state index is 0.108. The number of halogens is 1. The molecule has 1 aliphatic heterocycles. The molecule has 0 saturated heterocycles. The Kier molecular flexibility index (Phi) is 3.87. The standard InChI is InChI=1S/C20H17BrN2O/c1-22(12-14-8-10-16(21)11-9-14)13-23-18-7-3-5-15-4-2-6-17(19(15)18)20(23)24/h2-11H,12-13H2,1H3/p+1. The Bertz CT molecular complexity index is 915. The third-order valence-corrected chi connectivity index (χ3v) is 5.02. The predicted octanol–water partition coefficient (Wildman–Crippen LogP) is 3.23. The molecule has 3 aromatic carbocycles. The van der Waals surface area contributed by atoms with Crippen LogP contribution in [0.5, 0.6) is 0 Å². The normalized spacial score (nSPS) is 14.4. The average molecular weight is 382 g/mol. The van der Waals surface area contributed by atoms with Gasteiger partial charge in [0.05, 0.1) is 18.3 Å². The second-order valence-corrected chi connectivity index (χ2v) is 7.25. The lowest BCUT2D eigenvalue weighted by Crippen LogP contribution is -3.09. The molecule has 1 aliphatic rings. The molecule has 120 valence electrons. The van der Waals surface area contributed by atoms with Gasteiger partial charge in [0.2, 0.25) is 0 Å². The van der Waals surface area contributed by atoms with Crippen molar-refractivity contribution in [3.63, 3.8) is 0 Å². The number of amides is 1. The van der Waals surface area contributed by atoms with E-state index in [1.54, 1.807) is 0 Å². The maximum atomic E-state index is 12.8. The molecule has 0 bridgehead atoms. The van der Waals surface area contributed by atoms with E-state index in [4.69, 9.17) is 0 Å². The summed E-state index contributed by atoms with van der Waals surface area (Å²) in [5.74, 6) is 0.108. The summed E-state index contributed by atoms with van der Waals surface area (Å²) in [6, 6.07) is 20.4. The number of carbonyl (C=O) groups excluding carboxylic acids is 1. The second kappa shape index (κ2) is 6.04. The Hall–Kier alpha value is -2.17. The van der Waals surface area contributed by atoms with Gasteiger partial charge in [-0.15, -0.1) is 0 Å². The molecule has 4 rings (SSSR count). The van der Waals surface area contributed by atoms with Crippen LogP contribution in [-0.2, 0) is 6.54 Å². The second-order valence-electron chi connectivity index (χ2n) is 6.33. The first kappa shape index (κ1) is 15.4. The van der Waals surface area contributed by atoms with E-state index in [1.807, 2.05) is 29.2 Å². The smallest absolute Gasteiger partial charge is 0.263 e. The lowest BCUT2D eigenvalue weighted by atomic mass is 10.1. The van der Waals surface area contributed by atoms with Gasteiger partial charge in [0.25, 0.3) is 5.91 Å². The van der Waals surface area contributed by atoms with Gasteiger partial charge in [0.15, 0.2) is 6.67 Å². The van der Waals surface area contributed by atoms with Crippen LogP contribution in [0.1, 0.15) is 15.9 Å². The maximum Gasteiger partial charge on any atom is 0.263 e. The van der Waals surface area contributed by atoms with Crippen molar-refractivity contribution in [3.05, 3.63) is 76.3 Å². The van der Waals surface area contributed by atoms with Crippen molar-refractivity contribution < 1.29 is 9.69 Å². The number of benzene rings is 3. The van der Waals surface area contributed by atoms with Crippen LogP contribution in [0.4, 0.5) is 5.69 Å². The zero-order chi connectivity index (χ0) is 16.7. The number of nitrogens with zero attached hydrogens (tertiary/aromatic N) is 1. The molecule has 0 spiro atoms. The average Bonchev–Trinajstić information content (AvgIpc) is 2.85. The minimum absolute atomic E-state index is 0.108. The molecule has 0 fully saturated rings. The number of hydrogen-bond donors (Lipinski definition) is 1. The van der Waals surface area contributed by atoms with Gasteiger partial charge in [0.1, 0.15) is 6.54 Å². The van der Waals surface area contributed by atoms with Gasteiger partial charge in [0, 0.05) is 15.4 Å². The summed E-state index contributed by atoms with van der Waals surface area (Å²) in [5, 5.41) is 2.22. The largest absolute Gasteiger partial charge is 0.316 e. The number of anilines is 1. The summed E-state index contributed by atoms with van der Waals surface area (Å²) in [4.78, 5) is 16.0. The predicted molar refractivity (Wildman–Crippen MR) is 100 cm³/mol. The van der Waals surface area contributed by atoms with E-state index >= 15 is 0 Å². The molecule has 0 saturated carbocycles. The molecular formula is C20H18BrN2O+. The van der Waals surface area contributed by atoms with Crippen molar-refractivity contribution in [2.45, 2.75) is 6.54 Å². The topological polar surface area (TPSA) is 24.8 Å². The third-order valence-electron chi connectivity index (χ3n) is 4.50. The number of carbonyl (C=O) groups is 1. The molecule has 4 heteroatoms. The minimum Gasteiger partial charge on any atom is -0.316 e. The molecule has 3 aromatic rings. The fourth-order valence-electron chi connectivity index (χ4n) is 3.41. The van der Waals surface area contributed by atoms with Crippen molar-refractivity contribution in [1.82, 2.24) is 0 Å². The van der Waals surface area contributed by atoms with Crippen molar-refractivity contribution in [3.8, 4) is 0 Å². The van der Waals surface area contributed by atoms with E-state index < -0.39 is 0 Å². The summed E-state index contributed by atoms with van der Waals surface area (Å²) < 4.78 is 1.08. The summed E-state index contributed by atoms with van der Waals surface area (Å²) in [6.45, 7) is 1.53. The number of rotatable bonds is 4. The van der Waals surface area contributed by atoms with Crippen LogP contribution in [0.15, 0.2) is 65.1 Å². The first-order valence-corrected chi connectivity index (χ1v) is 8.82. The van der Waals surface area contributed by atoms with E-state index in [-0.39, 0.29) is 5.91 Å². The van der Waals surface area contributed by atoms with Crippen molar-refractivity contribution in [2.24, 2.45) is 0 Å². The van der Waals surface area contributed by atoms with E-state index in [2.05, 4.69) is 59.4 Å². The molecule has 0 radical (unpaired) electrons. The summed E-state index contributed by atoms with van der Waals surface area (Å²) in [7, 11) is 2.12. The highest BCUT2D eigenvalue weighted by molar-refractivity contribution is 9.10. The maximum absolute atomic E-state index is 12.8. The molecule has 0 aromatic heterocycles. The van der Waals surface area contributed by atoms with E-state index in [1.165, 1.54) is 10.5 Å². The highest BCUT2D eigenvalue weighted by Crippen LogP contribution is 2.36. The SMILES string of the molecule is C[NH+](Cc1ccc(Br)cc1)CN1C(=O)c2cccc3cccc1c23. The van der Waals surface area contributed by atoms with Crippen LogP contribution in [0.2, 0.25) is 0 Å². The highest BCUT2D eigenvalue weighted by Gasteiger charge is 2.31. The summed E-state index contributed by atoms with van der Waals surface area (Å²) >= 11 is 3.46. The number of nitrogens with one attached hydrogen (secondary N) is 1. The van der Waals surface area contributed by atoms with Crippen LogP contribution in [0.25, 0.3) is 10.8 Å². The third kappa shape index (κ3) is 2.62. The quantitative estimate of drug-likeness (QED) is 0.737. The Balaban J connectivity index is 1.58. The Morgan fingerprint density at radius 2 is 1.71 bits per heavy atom.